The van der Waals surface area contributed by atoms with Crippen LogP contribution >= 0.6 is 0 Å². The van der Waals surface area contributed by atoms with E-state index in [9.17, 15) is 9.59 Å². The molecule has 0 saturated heterocycles. The van der Waals surface area contributed by atoms with Crippen LogP contribution < -0.4 is 4.90 Å². The molecular weight excluding hydrogens is 254 g/mol. The third-order valence-electron chi connectivity index (χ3n) is 3.75. The highest BCUT2D eigenvalue weighted by atomic mass is 16.4. The maximum Gasteiger partial charge on any atom is 0.335 e. The summed E-state index contributed by atoms with van der Waals surface area (Å²) in [4.78, 5) is 24.7. The molecule has 0 unspecified atom stereocenters. The number of nitrogens with zero attached hydrogens (tertiary/aromatic N) is 1. The molecule has 1 aliphatic heterocycles. The number of carbonyl (C=O) groups excluding carboxylic acids is 1. The van der Waals surface area contributed by atoms with Gasteiger partial charge in [0.2, 0.25) is 5.91 Å². The van der Waals surface area contributed by atoms with Crippen LogP contribution in [0.5, 0.6) is 0 Å². The molecule has 0 aliphatic carbocycles. The summed E-state index contributed by atoms with van der Waals surface area (Å²) in [7, 11) is 0. The molecule has 1 N–H and O–H groups in total. The summed E-state index contributed by atoms with van der Waals surface area (Å²) >= 11 is 0. The van der Waals surface area contributed by atoms with Crippen LogP contribution in [0.4, 0.5) is 5.69 Å². The molecule has 4 heteroatoms. The highest BCUT2D eigenvalue weighted by Gasteiger charge is 2.27. The van der Waals surface area contributed by atoms with Crippen LogP contribution in [-0.4, -0.2) is 23.5 Å². The first-order valence-electron chi connectivity index (χ1n) is 7.30. The largest absolute Gasteiger partial charge is 0.478 e. The van der Waals surface area contributed by atoms with Crippen molar-refractivity contribution in [3.63, 3.8) is 0 Å². The lowest BCUT2D eigenvalue weighted by atomic mass is 10.1. The van der Waals surface area contributed by atoms with E-state index in [1.54, 1.807) is 23.1 Å². The molecule has 0 aromatic heterocycles. The molecule has 2 rings (SSSR count). The summed E-state index contributed by atoms with van der Waals surface area (Å²) in [5.74, 6) is -0.865. The van der Waals surface area contributed by atoms with Crippen LogP contribution in [0.1, 0.15) is 54.9 Å². The number of anilines is 1. The number of hydrogen-bond donors (Lipinski definition) is 1. The fourth-order valence-electron chi connectivity index (χ4n) is 2.63. The molecule has 20 heavy (non-hydrogen) atoms. The molecule has 0 bridgehead atoms. The van der Waals surface area contributed by atoms with Crippen molar-refractivity contribution in [2.75, 3.05) is 11.4 Å². The molecule has 108 valence electrons. The van der Waals surface area contributed by atoms with Crippen LogP contribution in [0.2, 0.25) is 0 Å². The van der Waals surface area contributed by atoms with Gasteiger partial charge in [0.25, 0.3) is 0 Å². The van der Waals surface area contributed by atoms with E-state index >= 15 is 0 Å². The van der Waals surface area contributed by atoms with Gasteiger partial charge in [0.1, 0.15) is 0 Å². The van der Waals surface area contributed by atoms with E-state index in [0.717, 1.165) is 30.6 Å². The summed E-state index contributed by atoms with van der Waals surface area (Å²) in [6, 6.07) is 4.95. The van der Waals surface area contributed by atoms with E-state index in [1.165, 1.54) is 19.3 Å². The molecule has 1 aromatic carbocycles. The van der Waals surface area contributed by atoms with E-state index in [2.05, 4.69) is 6.92 Å². The topological polar surface area (TPSA) is 57.6 Å². The Balaban J connectivity index is 1.99. The number of aromatic carboxylic acids is 1. The van der Waals surface area contributed by atoms with Crippen LogP contribution in [-0.2, 0) is 11.2 Å². The Hall–Kier alpha value is -1.84. The number of unbranched alkanes of at least 4 members (excludes halogenated alkanes) is 4. The Labute approximate surface area is 119 Å². The summed E-state index contributed by atoms with van der Waals surface area (Å²) in [5.41, 5.74) is 1.97. The second-order valence-corrected chi connectivity index (χ2v) is 5.29. The average molecular weight is 275 g/mol. The first-order chi connectivity index (χ1) is 9.63. The van der Waals surface area contributed by atoms with Crippen molar-refractivity contribution in [2.24, 2.45) is 0 Å². The van der Waals surface area contributed by atoms with E-state index in [0.29, 0.717) is 6.42 Å². The third kappa shape index (κ3) is 3.18. The molecule has 0 spiro atoms. The van der Waals surface area contributed by atoms with Gasteiger partial charge in [-0.25, -0.2) is 4.79 Å². The van der Waals surface area contributed by atoms with Gasteiger partial charge in [-0.2, -0.15) is 0 Å². The van der Waals surface area contributed by atoms with Crippen molar-refractivity contribution >= 4 is 17.6 Å². The highest BCUT2D eigenvalue weighted by molar-refractivity contribution is 6.02. The minimum absolute atomic E-state index is 0.0815. The Kier molecular flexibility index (Phi) is 4.77. The number of fused-ring (bicyclic) bond motifs is 1. The summed E-state index contributed by atoms with van der Waals surface area (Å²) in [5, 5.41) is 8.97. The van der Waals surface area contributed by atoms with Gasteiger partial charge < -0.3 is 10.0 Å². The summed E-state index contributed by atoms with van der Waals surface area (Å²) < 4.78 is 0. The smallest absolute Gasteiger partial charge is 0.335 e. The molecular formula is C16H21NO3. The molecule has 0 saturated carbocycles. The number of rotatable bonds is 7. The zero-order valence-corrected chi connectivity index (χ0v) is 11.9. The third-order valence-corrected chi connectivity index (χ3v) is 3.75. The van der Waals surface area contributed by atoms with E-state index in [1.807, 2.05) is 0 Å². The van der Waals surface area contributed by atoms with Crippen molar-refractivity contribution < 1.29 is 14.7 Å². The van der Waals surface area contributed by atoms with E-state index in [4.69, 9.17) is 5.11 Å². The molecule has 4 nitrogen and oxygen atoms in total. The Morgan fingerprint density at radius 1 is 1.25 bits per heavy atom. The zero-order valence-electron chi connectivity index (χ0n) is 11.9. The molecule has 1 heterocycles. The average Bonchev–Trinajstić information content (AvgIpc) is 2.73. The maximum absolute atomic E-state index is 12.0. The first-order valence-corrected chi connectivity index (χ1v) is 7.30. The van der Waals surface area contributed by atoms with Gasteiger partial charge in [0, 0.05) is 12.2 Å². The quantitative estimate of drug-likeness (QED) is 0.777. The Morgan fingerprint density at radius 2 is 2.00 bits per heavy atom. The summed E-state index contributed by atoms with van der Waals surface area (Å²) in [6.45, 7) is 2.92. The number of carbonyl (C=O) groups is 2. The molecule has 1 aromatic rings. The fourth-order valence-corrected chi connectivity index (χ4v) is 2.63. The van der Waals surface area contributed by atoms with Crippen molar-refractivity contribution in [1.29, 1.82) is 0 Å². The SMILES string of the molecule is CCCCCCCN1C(=O)Cc2cc(C(=O)O)ccc21. The van der Waals surface area contributed by atoms with Gasteiger partial charge in [-0.15, -0.1) is 0 Å². The van der Waals surface area contributed by atoms with Crippen molar-refractivity contribution in [1.82, 2.24) is 0 Å². The van der Waals surface area contributed by atoms with Crippen LogP contribution in [0.3, 0.4) is 0 Å². The predicted octanol–water partition coefficient (Wildman–Crippen LogP) is 3.24. The molecule has 0 atom stereocenters. The van der Waals surface area contributed by atoms with Crippen LogP contribution in [0.15, 0.2) is 18.2 Å². The second-order valence-electron chi connectivity index (χ2n) is 5.29. The number of amides is 1. The van der Waals surface area contributed by atoms with Gasteiger partial charge in [-0.05, 0) is 30.2 Å². The second kappa shape index (κ2) is 6.55. The van der Waals surface area contributed by atoms with Crippen molar-refractivity contribution in [3.8, 4) is 0 Å². The van der Waals surface area contributed by atoms with Gasteiger partial charge in [0.05, 0.1) is 12.0 Å². The van der Waals surface area contributed by atoms with Gasteiger partial charge in [0.15, 0.2) is 0 Å². The highest BCUT2D eigenvalue weighted by Crippen LogP contribution is 2.30. The Bertz CT molecular complexity index is 510. The van der Waals surface area contributed by atoms with Crippen LogP contribution in [0, 0.1) is 0 Å². The minimum Gasteiger partial charge on any atom is -0.478 e. The monoisotopic (exact) mass is 275 g/mol. The van der Waals surface area contributed by atoms with Gasteiger partial charge in [-0.1, -0.05) is 32.6 Å². The maximum atomic E-state index is 12.0. The molecule has 1 amide bonds. The minimum atomic E-state index is -0.946. The lowest BCUT2D eigenvalue weighted by Gasteiger charge is -2.17. The number of carboxylic acids is 1. The standard InChI is InChI=1S/C16H21NO3/c1-2-3-4-5-6-9-17-14-8-7-12(16(19)20)10-13(14)11-15(17)18/h7-8,10H,2-6,9,11H2,1H3,(H,19,20). The van der Waals surface area contributed by atoms with Gasteiger partial charge >= 0.3 is 5.97 Å². The number of carboxylic acid groups (broad SMARTS) is 1. The van der Waals surface area contributed by atoms with Gasteiger partial charge in [-0.3, -0.25) is 4.79 Å². The van der Waals surface area contributed by atoms with E-state index in [-0.39, 0.29) is 11.5 Å². The van der Waals surface area contributed by atoms with Crippen LogP contribution in [0.25, 0.3) is 0 Å². The first kappa shape index (κ1) is 14.6. The predicted molar refractivity (Wildman–Crippen MR) is 78.2 cm³/mol. The summed E-state index contributed by atoms with van der Waals surface area (Å²) in [6.07, 6.45) is 6.14. The molecule has 0 radical (unpaired) electrons. The van der Waals surface area contributed by atoms with E-state index < -0.39 is 5.97 Å². The fraction of sp³-hybridized carbons (Fsp3) is 0.500. The lowest BCUT2D eigenvalue weighted by molar-refractivity contribution is -0.117. The molecule has 0 fully saturated rings. The Morgan fingerprint density at radius 3 is 2.70 bits per heavy atom. The normalized spacial score (nSPS) is 13.7. The van der Waals surface area contributed by atoms with Crippen molar-refractivity contribution in [2.45, 2.75) is 45.4 Å². The lowest BCUT2D eigenvalue weighted by Crippen LogP contribution is -2.27. The number of benzene rings is 1. The number of hydrogen-bond acceptors (Lipinski definition) is 2. The van der Waals surface area contributed by atoms with Crippen molar-refractivity contribution in [3.05, 3.63) is 29.3 Å². The molecule has 1 aliphatic rings. The zero-order chi connectivity index (χ0) is 14.5.